The maximum absolute atomic E-state index is 10.2. The maximum atomic E-state index is 10.2. The van der Waals surface area contributed by atoms with Gasteiger partial charge in [0.15, 0.2) is 0 Å². The summed E-state index contributed by atoms with van der Waals surface area (Å²) in [5.74, 6) is -0.571. The highest BCUT2D eigenvalue weighted by Gasteiger charge is 2.35. The number of carbonyl (C=O) groups excluding carboxylic acids is 1. The topological polar surface area (TPSA) is 37.0 Å². The van der Waals surface area contributed by atoms with Crippen LogP contribution >= 0.6 is 0 Å². The molecule has 2 nitrogen and oxygen atoms in total. The first-order chi connectivity index (χ1) is 4.25. The summed E-state index contributed by atoms with van der Waals surface area (Å²) < 4.78 is 0. The van der Waals surface area contributed by atoms with Crippen molar-refractivity contribution in [2.75, 3.05) is 0 Å². The zero-order valence-corrected chi connectivity index (χ0v) is 5.59. The molecule has 1 aliphatic rings. The van der Waals surface area contributed by atoms with Crippen molar-refractivity contribution in [2.45, 2.75) is 26.2 Å². The Morgan fingerprint density at radius 2 is 2.22 bits per heavy atom. The minimum Gasteiger partial charge on any atom is -0.247 e. The first kappa shape index (κ1) is 6.59. The van der Waals surface area contributed by atoms with Gasteiger partial charge in [0.25, 0.3) is 0 Å². The minimum absolute atomic E-state index is 0.130. The predicted octanol–water partition coefficient (Wildman–Crippen LogP) is 1.38. The number of rotatable bonds is 2. The van der Waals surface area contributed by atoms with Gasteiger partial charge in [-0.3, -0.25) is 0 Å². The first-order valence-electron chi connectivity index (χ1n) is 3.46. The molecule has 0 aromatic carbocycles. The van der Waals surface area contributed by atoms with Crippen molar-refractivity contribution in [3.05, 3.63) is 0 Å². The third-order valence-corrected chi connectivity index (χ3v) is 2.24. The summed E-state index contributed by atoms with van der Waals surface area (Å²) in [5, 5.41) is 10.2. The van der Waals surface area contributed by atoms with Crippen molar-refractivity contribution in [2.24, 2.45) is 11.8 Å². The van der Waals surface area contributed by atoms with Crippen LogP contribution in [0.25, 0.3) is 0 Å². The van der Waals surface area contributed by atoms with Gasteiger partial charge in [-0.05, 0) is 18.8 Å². The number of hydrogen-bond acceptors (Lipinski definition) is 1. The van der Waals surface area contributed by atoms with Gasteiger partial charge in [0.2, 0.25) is 0 Å². The zero-order chi connectivity index (χ0) is 6.85. The molecule has 2 atom stereocenters. The van der Waals surface area contributed by atoms with Crippen molar-refractivity contribution in [3.63, 3.8) is 0 Å². The summed E-state index contributed by atoms with van der Waals surface area (Å²) in [5.41, 5.74) is 0. The lowest BCUT2D eigenvalue weighted by molar-refractivity contribution is -0.154. The molecule has 0 aromatic rings. The Bertz CT molecular complexity index is 118. The fourth-order valence-electron chi connectivity index (χ4n) is 1.37. The molecule has 0 saturated heterocycles. The maximum Gasteiger partial charge on any atom is 0.358 e. The third-order valence-electron chi connectivity index (χ3n) is 2.24. The third kappa shape index (κ3) is 1.07. The summed E-state index contributed by atoms with van der Waals surface area (Å²) in [6, 6.07) is 0. The normalized spacial score (nSPS) is 33.4. The van der Waals surface area contributed by atoms with E-state index in [2.05, 4.69) is 0 Å². The lowest BCUT2D eigenvalue weighted by atomic mass is 9.72. The molecule has 0 aromatic heterocycles. The molecular weight excluding hydrogens is 116 g/mol. The van der Waals surface area contributed by atoms with Gasteiger partial charge < -0.3 is 0 Å². The average Bonchev–Trinajstić information content (AvgIpc) is 1.61. The summed E-state index contributed by atoms with van der Waals surface area (Å²) >= 11 is 0. The summed E-state index contributed by atoms with van der Waals surface area (Å²) in [4.78, 5) is 10.2. The predicted molar refractivity (Wildman–Crippen MR) is 32.2 cm³/mol. The highest BCUT2D eigenvalue weighted by atomic mass is 16.4. The van der Waals surface area contributed by atoms with E-state index in [0.29, 0.717) is 5.92 Å². The molecule has 2 unspecified atom stereocenters. The lowest BCUT2D eigenvalue weighted by Crippen LogP contribution is -2.31. The van der Waals surface area contributed by atoms with Gasteiger partial charge in [0.1, 0.15) is 0 Å². The van der Waals surface area contributed by atoms with Crippen LogP contribution in [0.1, 0.15) is 26.2 Å². The van der Waals surface area contributed by atoms with Gasteiger partial charge in [-0.1, -0.05) is 13.3 Å². The van der Waals surface area contributed by atoms with Crippen LogP contribution in [0, 0.1) is 11.8 Å². The van der Waals surface area contributed by atoms with E-state index in [-0.39, 0.29) is 5.92 Å². The molecule has 0 spiro atoms. The van der Waals surface area contributed by atoms with Gasteiger partial charge in [0.05, 0.1) is 5.92 Å². The molecule has 1 radical (unpaired) electrons. The molecule has 0 amide bonds. The molecule has 1 rings (SSSR count). The molecule has 2 heteroatoms. The second-order valence-corrected chi connectivity index (χ2v) is 2.67. The Morgan fingerprint density at radius 1 is 1.56 bits per heavy atom. The van der Waals surface area contributed by atoms with E-state index < -0.39 is 5.97 Å². The SMILES string of the molecule is CCC1CCC1C([O])=O. The highest BCUT2D eigenvalue weighted by Crippen LogP contribution is 2.36. The molecule has 0 N–H and O–H groups in total. The van der Waals surface area contributed by atoms with Crippen molar-refractivity contribution >= 4 is 5.97 Å². The average molecular weight is 127 g/mol. The fourth-order valence-corrected chi connectivity index (χ4v) is 1.37. The largest absolute Gasteiger partial charge is 0.358 e. The number of hydrogen-bond donors (Lipinski definition) is 0. The van der Waals surface area contributed by atoms with Crippen molar-refractivity contribution < 1.29 is 9.90 Å². The van der Waals surface area contributed by atoms with Gasteiger partial charge in [-0.2, -0.15) is 0 Å². The van der Waals surface area contributed by atoms with E-state index in [0.717, 1.165) is 19.3 Å². The van der Waals surface area contributed by atoms with E-state index in [4.69, 9.17) is 0 Å². The van der Waals surface area contributed by atoms with Crippen LogP contribution in [0.3, 0.4) is 0 Å². The Labute approximate surface area is 54.9 Å². The monoisotopic (exact) mass is 127 g/mol. The van der Waals surface area contributed by atoms with Crippen LogP contribution in [-0.2, 0) is 9.90 Å². The van der Waals surface area contributed by atoms with E-state index in [9.17, 15) is 9.90 Å². The van der Waals surface area contributed by atoms with Gasteiger partial charge >= 0.3 is 5.97 Å². The Balaban J connectivity index is 2.35. The Morgan fingerprint density at radius 3 is 2.33 bits per heavy atom. The van der Waals surface area contributed by atoms with Gasteiger partial charge in [-0.15, -0.1) is 0 Å². The first-order valence-corrected chi connectivity index (χ1v) is 3.46. The van der Waals surface area contributed by atoms with Crippen LogP contribution in [0.4, 0.5) is 0 Å². The van der Waals surface area contributed by atoms with E-state index in [1.807, 2.05) is 6.92 Å². The summed E-state index contributed by atoms with van der Waals surface area (Å²) in [6.45, 7) is 2.03. The van der Waals surface area contributed by atoms with Crippen LogP contribution < -0.4 is 0 Å². The molecule has 1 saturated carbocycles. The molecule has 0 heterocycles. The van der Waals surface area contributed by atoms with Crippen LogP contribution in [0.5, 0.6) is 0 Å². The second kappa shape index (κ2) is 2.38. The molecule has 1 aliphatic carbocycles. The molecule has 0 bridgehead atoms. The zero-order valence-electron chi connectivity index (χ0n) is 5.59. The van der Waals surface area contributed by atoms with Crippen LogP contribution in [-0.4, -0.2) is 5.97 Å². The Kier molecular flexibility index (Phi) is 1.74. The van der Waals surface area contributed by atoms with Crippen LogP contribution in [0.2, 0.25) is 0 Å². The molecular formula is C7H11O2. The van der Waals surface area contributed by atoms with E-state index in [1.54, 1.807) is 0 Å². The second-order valence-electron chi connectivity index (χ2n) is 2.67. The lowest BCUT2D eigenvalue weighted by Gasteiger charge is -2.31. The van der Waals surface area contributed by atoms with E-state index >= 15 is 0 Å². The summed E-state index contributed by atoms with van der Waals surface area (Å²) in [6.07, 6.45) is 2.90. The highest BCUT2D eigenvalue weighted by molar-refractivity contribution is 5.70. The van der Waals surface area contributed by atoms with Crippen LogP contribution in [0.15, 0.2) is 0 Å². The smallest absolute Gasteiger partial charge is 0.247 e. The van der Waals surface area contributed by atoms with E-state index in [1.165, 1.54) is 0 Å². The quantitative estimate of drug-likeness (QED) is 0.552. The Hall–Kier alpha value is -0.530. The number of carbonyl (C=O) groups is 1. The summed E-state index contributed by atoms with van der Waals surface area (Å²) in [7, 11) is 0. The van der Waals surface area contributed by atoms with Gasteiger partial charge in [0, 0.05) is 0 Å². The minimum atomic E-state index is -0.854. The van der Waals surface area contributed by atoms with Crippen molar-refractivity contribution in [3.8, 4) is 0 Å². The molecule has 1 fully saturated rings. The van der Waals surface area contributed by atoms with Gasteiger partial charge in [-0.25, -0.2) is 9.90 Å². The standard InChI is InChI=1S/C7H11O2/c1-2-5-3-4-6(5)7(8)9/h5-6H,2-4H2,1H3. The molecule has 0 aliphatic heterocycles. The van der Waals surface area contributed by atoms with Crippen molar-refractivity contribution in [1.29, 1.82) is 0 Å². The van der Waals surface area contributed by atoms with Crippen molar-refractivity contribution in [1.82, 2.24) is 0 Å². The fraction of sp³-hybridized carbons (Fsp3) is 0.857. The molecule has 9 heavy (non-hydrogen) atoms. The molecule has 51 valence electrons.